The number of benzene rings is 4. The Hall–Kier alpha value is -6.94. The summed E-state index contributed by atoms with van der Waals surface area (Å²) >= 11 is 0. The molecule has 1 atom stereocenters. The van der Waals surface area contributed by atoms with Gasteiger partial charge in [-0.05, 0) is 101 Å². The van der Waals surface area contributed by atoms with Crippen molar-refractivity contribution in [3.8, 4) is 5.75 Å². The zero-order valence-corrected chi connectivity index (χ0v) is 37.8. The highest BCUT2D eigenvalue weighted by atomic mass is 16.7. The number of nitrogens with one attached hydrogen (secondary N) is 3. The summed E-state index contributed by atoms with van der Waals surface area (Å²) in [6.07, 6.45) is -2.35. The average molecular weight is 891 g/mol. The number of guanidine groups is 1. The highest BCUT2D eigenvalue weighted by molar-refractivity contribution is 6.20. The van der Waals surface area contributed by atoms with Crippen LogP contribution in [-0.4, -0.2) is 101 Å². The summed E-state index contributed by atoms with van der Waals surface area (Å²) in [5.74, 6) is -1.62. The molecule has 2 heterocycles. The third-order valence-corrected chi connectivity index (χ3v) is 10.1. The molecule has 0 radical (unpaired) electrons. The monoisotopic (exact) mass is 890 g/mol. The van der Waals surface area contributed by atoms with E-state index in [2.05, 4.69) is 10.6 Å². The lowest BCUT2D eigenvalue weighted by atomic mass is 10.0. The molecular formula is C49H58N6O10. The van der Waals surface area contributed by atoms with Gasteiger partial charge in [-0.25, -0.2) is 19.2 Å². The normalized spacial score (nSPS) is 13.8. The molecule has 16 nitrogen and oxygen atoms in total. The summed E-state index contributed by atoms with van der Waals surface area (Å²) in [7, 11) is 0. The van der Waals surface area contributed by atoms with Crippen LogP contribution in [0.5, 0.6) is 5.75 Å². The van der Waals surface area contributed by atoms with Crippen molar-refractivity contribution in [3.05, 3.63) is 137 Å². The van der Waals surface area contributed by atoms with E-state index in [1.807, 2.05) is 82.6 Å². The molecule has 2 aliphatic heterocycles. The van der Waals surface area contributed by atoms with E-state index in [0.717, 1.165) is 11.1 Å². The SMILES string of the molecule is CC(C)(C)OC(=O)NCCCN(CCCNC(=O)OC(C)(C)C)C(=N)N1Cc2ccc(OC[C@H](ON3C(=O)c4ccccc4C3=O)C(=O)OC(c3ccccc3)c3ccccc3)cc2C1. The number of ether oxygens (including phenoxy) is 4. The van der Waals surface area contributed by atoms with Gasteiger partial charge < -0.3 is 39.4 Å². The van der Waals surface area contributed by atoms with Crippen molar-refractivity contribution in [1.29, 1.82) is 5.41 Å². The number of hydroxylamine groups is 2. The molecule has 0 aromatic heterocycles. The smallest absolute Gasteiger partial charge is 0.407 e. The number of hydrogen-bond donors (Lipinski definition) is 3. The average Bonchev–Trinajstić information content (AvgIpc) is 3.80. The second kappa shape index (κ2) is 21.2. The molecule has 6 rings (SSSR count). The Labute approximate surface area is 379 Å². The van der Waals surface area contributed by atoms with Crippen molar-refractivity contribution >= 4 is 35.9 Å². The Morgan fingerprint density at radius 2 is 1.18 bits per heavy atom. The Bertz CT molecular complexity index is 2220. The van der Waals surface area contributed by atoms with Crippen molar-refractivity contribution in [1.82, 2.24) is 25.5 Å². The number of rotatable bonds is 17. The molecule has 0 saturated carbocycles. The molecule has 0 fully saturated rings. The number of amides is 4. The summed E-state index contributed by atoms with van der Waals surface area (Å²) in [4.78, 5) is 75.2. The van der Waals surface area contributed by atoms with Crippen LogP contribution >= 0.6 is 0 Å². The molecule has 16 heteroatoms. The number of carbonyl (C=O) groups excluding carboxylic acids is 5. The van der Waals surface area contributed by atoms with Crippen LogP contribution in [-0.2, 0) is 36.9 Å². The molecule has 2 aliphatic rings. The first kappa shape index (κ1) is 47.5. The number of alkyl carbamates (subject to hydrolysis) is 2. The van der Waals surface area contributed by atoms with E-state index in [-0.39, 0.29) is 17.1 Å². The molecule has 3 N–H and O–H groups in total. The molecule has 0 spiro atoms. The fourth-order valence-electron chi connectivity index (χ4n) is 7.16. The van der Waals surface area contributed by atoms with Gasteiger partial charge in [-0.2, -0.15) is 0 Å². The van der Waals surface area contributed by atoms with E-state index >= 15 is 0 Å². The molecular weight excluding hydrogens is 833 g/mol. The largest absolute Gasteiger partial charge is 0.490 e. The Morgan fingerprint density at radius 3 is 1.69 bits per heavy atom. The van der Waals surface area contributed by atoms with Gasteiger partial charge in [0.1, 0.15) is 23.6 Å². The van der Waals surface area contributed by atoms with Gasteiger partial charge in [0, 0.05) is 39.3 Å². The van der Waals surface area contributed by atoms with Gasteiger partial charge >= 0.3 is 18.2 Å². The molecule has 0 bridgehead atoms. The Balaban J connectivity index is 1.14. The minimum Gasteiger partial charge on any atom is -0.490 e. The summed E-state index contributed by atoms with van der Waals surface area (Å²) in [6.45, 7) is 12.7. The van der Waals surface area contributed by atoms with Crippen molar-refractivity contribution < 1.29 is 47.8 Å². The second-order valence-corrected chi connectivity index (χ2v) is 17.7. The zero-order chi connectivity index (χ0) is 46.7. The number of imide groups is 1. The number of fused-ring (bicyclic) bond motifs is 2. The predicted molar refractivity (Wildman–Crippen MR) is 241 cm³/mol. The van der Waals surface area contributed by atoms with Crippen LogP contribution in [0.1, 0.15) is 103 Å². The van der Waals surface area contributed by atoms with Gasteiger partial charge in [-0.1, -0.05) is 78.9 Å². The van der Waals surface area contributed by atoms with Crippen LogP contribution in [0.4, 0.5) is 9.59 Å². The topological polar surface area (TPSA) is 189 Å². The molecule has 0 unspecified atom stereocenters. The number of hydrogen-bond acceptors (Lipinski definition) is 11. The summed E-state index contributed by atoms with van der Waals surface area (Å²) in [5, 5.41) is 15.4. The lowest BCUT2D eigenvalue weighted by Gasteiger charge is -2.31. The van der Waals surface area contributed by atoms with E-state index in [0.29, 0.717) is 74.0 Å². The first-order chi connectivity index (χ1) is 31.0. The third kappa shape index (κ3) is 13.3. The van der Waals surface area contributed by atoms with Crippen LogP contribution in [0.2, 0.25) is 0 Å². The van der Waals surface area contributed by atoms with Crippen LogP contribution in [0, 0.1) is 5.41 Å². The number of esters is 1. The van der Waals surface area contributed by atoms with Gasteiger partial charge in [0.15, 0.2) is 12.1 Å². The summed E-state index contributed by atoms with van der Waals surface area (Å²) < 4.78 is 23.0. The van der Waals surface area contributed by atoms with Gasteiger partial charge in [-0.15, -0.1) is 5.06 Å². The third-order valence-electron chi connectivity index (χ3n) is 10.1. The lowest BCUT2D eigenvalue weighted by Crippen LogP contribution is -2.44. The van der Waals surface area contributed by atoms with Crippen molar-refractivity contribution in [2.24, 2.45) is 0 Å². The van der Waals surface area contributed by atoms with Crippen molar-refractivity contribution in [2.45, 2.75) is 90.9 Å². The highest BCUT2D eigenvalue weighted by Crippen LogP contribution is 2.31. The van der Waals surface area contributed by atoms with E-state index in [9.17, 15) is 29.4 Å². The minimum atomic E-state index is -1.55. The standard InChI is InChI=1S/C49H58N6O10/c1-48(2,3)63-46(59)51-25-15-27-53(28-16-26-52-47(60)64-49(4,5)6)45(50)54-30-35-23-24-37(29-36(35)31-54)61-32-40(65-55-42(56)38-21-13-14-22-39(38)43(55)57)44(58)62-41(33-17-9-7-10-18-33)34-19-11-8-12-20-34/h7-14,17-24,29,40-41,50H,15-16,25-28,30-32H2,1-6H3,(H,51,59)(H,52,60)/t40-/m0/s1. The molecule has 65 heavy (non-hydrogen) atoms. The molecule has 4 aromatic rings. The summed E-state index contributed by atoms with van der Waals surface area (Å²) in [5.41, 5.74) is 2.30. The lowest BCUT2D eigenvalue weighted by molar-refractivity contribution is -0.187. The number of carbonyl (C=O) groups is 5. The maximum Gasteiger partial charge on any atom is 0.407 e. The van der Waals surface area contributed by atoms with Crippen LogP contribution < -0.4 is 15.4 Å². The second-order valence-electron chi connectivity index (χ2n) is 17.7. The zero-order valence-electron chi connectivity index (χ0n) is 37.8. The Morgan fingerprint density at radius 1 is 0.692 bits per heavy atom. The maximum absolute atomic E-state index is 14.2. The van der Waals surface area contributed by atoms with Gasteiger partial charge in [-0.3, -0.25) is 15.0 Å². The van der Waals surface area contributed by atoms with E-state index in [1.165, 1.54) is 12.1 Å². The van der Waals surface area contributed by atoms with Gasteiger partial charge in [0.25, 0.3) is 11.8 Å². The van der Waals surface area contributed by atoms with Crippen molar-refractivity contribution in [3.63, 3.8) is 0 Å². The fraction of sp³-hybridized carbons (Fsp3) is 0.388. The molecule has 0 saturated heterocycles. The van der Waals surface area contributed by atoms with Gasteiger partial charge in [0.05, 0.1) is 11.1 Å². The first-order valence-corrected chi connectivity index (χ1v) is 21.7. The quantitative estimate of drug-likeness (QED) is 0.0239. The highest BCUT2D eigenvalue weighted by Gasteiger charge is 2.41. The minimum absolute atomic E-state index is 0.152. The summed E-state index contributed by atoms with van der Waals surface area (Å²) in [6, 6.07) is 30.2. The maximum atomic E-state index is 14.2. The van der Waals surface area contributed by atoms with Crippen LogP contribution in [0.3, 0.4) is 0 Å². The molecule has 4 amide bonds. The predicted octanol–water partition coefficient (Wildman–Crippen LogP) is 7.38. The van der Waals surface area contributed by atoms with Crippen LogP contribution in [0.15, 0.2) is 103 Å². The first-order valence-electron chi connectivity index (χ1n) is 21.7. The fourth-order valence-corrected chi connectivity index (χ4v) is 7.16. The van der Waals surface area contributed by atoms with E-state index in [4.69, 9.17) is 23.8 Å². The van der Waals surface area contributed by atoms with Crippen molar-refractivity contribution in [2.75, 3.05) is 32.8 Å². The van der Waals surface area contributed by atoms with Crippen LogP contribution in [0.25, 0.3) is 0 Å². The molecule has 344 valence electrons. The molecule has 0 aliphatic carbocycles. The molecule has 4 aromatic carbocycles. The Kier molecular flexibility index (Phi) is 15.5. The number of nitrogens with zero attached hydrogens (tertiary/aromatic N) is 3. The van der Waals surface area contributed by atoms with E-state index < -0.39 is 60.0 Å². The van der Waals surface area contributed by atoms with Gasteiger partial charge in [0.2, 0.25) is 6.10 Å². The van der Waals surface area contributed by atoms with E-state index in [1.54, 1.807) is 59.7 Å².